The number of ether oxygens (including phenoxy) is 1. The molecule has 2 aromatic carbocycles. The van der Waals surface area contributed by atoms with Gasteiger partial charge in [-0.3, -0.25) is 9.48 Å². The second-order valence-corrected chi connectivity index (χ2v) is 6.32. The molecule has 4 aromatic rings. The minimum Gasteiger partial charge on any atom is -0.497 e. The number of amides is 1. The van der Waals surface area contributed by atoms with Crippen molar-refractivity contribution in [1.29, 1.82) is 0 Å². The molecule has 146 valence electrons. The Morgan fingerprint density at radius 3 is 2.90 bits per heavy atom. The Morgan fingerprint density at radius 2 is 2.07 bits per heavy atom. The highest BCUT2D eigenvalue weighted by Crippen LogP contribution is 2.24. The fraction of sp³-hybridized carbons (Fsp3) is 0.0952. The average molecular weight is 392 g/mol. The molecule has 8 heteroatoms. The summed E-state index contributed by atoms with van der Waals surface area (Å²) < 4.78 is 25.3. The number of carbonyl (C=O) groups is 1. The molecule has 4 rings (SSSR count). The third-order valence-corrected chi connectivity index (χ3v) is 4.22. The summed E-state index contributed by atoms with van der Waals surface area (Å²) in [6, 6.07) is 15.1. The number of methoxy groups -OCH3 is 1. The monoisotopic (exact) mass is 392 g/mol. The van der Waals surface area contributed by atoms with Crippen LogP contribution in [0.3, 0.4) is 0 Å². The molecule has 7 nitrogen and oxygen atoms in total. The van der Waals surface area contributed by atoms with Crippen LogP contribution in [-0.4, -0.2) is 28.0 Å². The summed E-state index contributed by atoms with van der Waals surface area (Å²) in [6.07, 6.45) is 3.17. The molecule has 0 atom stereocenters. The van der Waals surface area contributed by atoms with Crippen molar-refractivity contribution in [2.75, 3.05) is 12.4 Å². The lowest BCUT2D eigenvalue weighted by atomic mass is 10.1. The second-order valence-electron chi connectivity index (χ2n) is 6.32. The SMILES string of the molecule is COc1cccc(-c2cc(C(=O)Nc3cnn(Cc4cccc(F)c4)c3)on2)c1. The van der Waals surface area contributed by atoms with E-state index in [4.69, 9.17) is 9.26 Å². The topological polar surface area (TPSA) is 82.2 Å². The van der Waals surface area contributed by atoms with Crippen LogP contribution >= 0.6 is 0 Å². The van der Waals surface area contributed by atoms with E-state index in [9.17, 15) is 9.18 Å². The summed E-state index contributed by atoms with van der Waals surface area (Å²) in [6.45, 7) is 0.385. The molecule has 0 aliphatic rings. The van der Waals surface area contributed by atoms with Crippen molar-refractivity contribution in [3.05, 3.63) is 84.1 Å². The van der Waals surface area contributed by atoms with Gasteiger partial charge in [0.15, 0.2) is 0 Å². The number of nitrogens with one attached hydrogen (secondary N) is 1. The van der Waals surface area contributed by atoms with Crippen LogP contribution in [-0.2, 0) is 6.54 Å². The van der Waals surface area contributed by atoms with Gasteiger partial charge in [-0.15, -0.1) is 0 Å². The van der Waals surface area contributed by atoms with Crippen LogP contribution in [0.1, 0.15) is 16.1 Å². The van der Waals surface area contributed by atoms with E-state index in [0.29, 0.717) is 23.7 Å². The Balaban J connectivity index is 1.43. The molecule has 0 aliphatic carbocycles. The molecular formula is C21H17FN4O3. The van der Waals surface area contributed by atoms with Crippen LogP contribution in [0, 0.1) is 5.82 Å². The lowest BCUT2D eigenvalue weighted by Gasteiger charge is -2.02. The van der Waals surface area contributed by atoms with Gasteiger partial charge in [0, 0.05) is 17.8 Å². The Bertz CT molecular complexity index is 1150. The van der Waals surface area contributed by atoms with Crippen LogP contribution < -0.4 is 10.1 Å². The largest absolute Gasteiger partial charge is 0.497 e. The van der Waals surface area contributed by atoms with Crippen molar-refractivity contribution in [2.45, 2.75) is 6.54 Å². The molecular weight excluding hydrogens is 375 g/mol. The number of halogens is 1. The number of anilines is 1. The van der Waals surface area contributed by atoms with E-state index >= 15 is 0 Å². The zero-order valence-electron chi connectivity index (χ0n) is 15.5. The third kappa shape index (κ3) is 4.32. The lowest BCUT2D eigenvalue weighted by Crippen LogP contribution is -2.10. The Morgan fingerprint density at radius 1 is 1.21 bits per heavy atom. The molecule has 0 radical (unpaired) electrons. The first kappa shape index (κ1) is 18.4. The number of carbonyl (C=O) groups excluding carboxylic acids is 1. The molecule has 0 saturated heterocycles. The van der Waals surface area contributed by atoms with Gasteiger partial charge in [0.05, 0.1) is 25.5 Å². The Kier molecular flexibility index (Phi) is 5.07. The summed E-state index contributed by atoms with van der Waals surface area (Å²) in [7, 11) is 1.58. The number of hydrogen-bond donors (Lipinski definition) is 1. The summed E-state index contributed by atoms with van der Waals surface area (Å²) >= 11 is 0. The number of hydrogen-bond acceptors (Lipinski definition) is 5. The van der Waals surface area contributed by atoms with Crippen molar-refractivity contribution >= 4 is 11.6 Å². The summed E-state index contributed by atoms with van der Waals surface area (Å²) in [5, 5.41) is 10.8. The van der Waals surface area contributed by atoms with Crippen molar-refractivity contribution in [3.63, 3.8) is 0 Å². The standard InChI is InChI=1S/C21H17FN4O3/c1-28-18-7-3-5-15(9-18)19-10-20(29-25-19)21(27)24-17-11-23-26(13-17)12-14-4-2-6-16(22)8-14/h2-11,13H,12H2,1H3,(H,24,27). The van der Waals surface area contributed by atoms with Crippen LogP contribution in [0.5, 0.6) is 5.75 Å². The van der Waals surface area contributed by atoms with E-state index in [1.165, 1.54) is 18.3 Å². The summed E-state index contributed by atoms with van der Waals surface area (Å²) in [4.78, 5) is 12.4. The maximum absolute atomic E-state index is 13.3. The number of benzene rings is 2. The van der Waals surface area contributed by atoms with Gasteiger partial charge in [-0.2, -0.15) is 5.10 Å². The quantitative estimate of drug-likeness (QED) is 0.537. The fourth-order valence-electron chi connectivity index (χ4n) is 2.83. The summed E-state index contributed by atoms with van der Waals surface area (Å²) in [5.74, 6) is 0.000192. The molecule has 0 unspecified atom stereocenters. The number of nitrogens with zero attached hydrogens (tertiary/aromatic N) is 3. The third-order valence-electron chi connectivity index (χ3n) is 4.22. The number of rotatable bonds is 6. The van der Waals surface area contributed by atoms with Gasteiger partial charge < -0.3 is 14.6 Å². The highest BCUT2D eigenvalue weighted by molar-refractivity contribution is 6.02. The predicted octanol–water partition coefficient (Wildman–Crippen LogP) is 3.99. The van der Waals surface area contributed by atoms with Crippen LogP contribution in [0.2, 0.25) is 0 Å². The zero-order valence-corrected chi connectivity index (χ0v) is 15.5. The first-order chi connectivity index (χ1) is 14.1. The molecule has 0 spiro atoms. The van der Waals surface area contributed by atoms with E-state index in [1.807, 2.05) is 18.2 Å². The van der Waals surface area contributed by atoms with Gasteiger partial charge in [-0.25, -0.2) is 4.39 Å². The van der Waals surface area contributed by atoms with Crippen LogP contribution in [0.15, 0.2) is 71.5 Å². The van der Waals surface area contributed by atoms with Crippen molar-refractivity contribution < 1.29 is 18.4 Å². The van der Waals surface area contributed by atoms with Gasteiger partial charge in [0.1, 0.15) is 17.3 Å². The smallest absolute Gasteiger partial charge is 0.294 e. The Labute approximate surface area is 165 Å². The maximum Gasteiger partial charge on any atom is 0.294 e. The first-order valence-electron chi connectivity index (χ1n) is 8.80. The van der Waals surface area contributed by atoms with Gasteiger partial charge in [-0.1, -0.05) is 29.4 Å². The zero-order chi connectivity index (χ0) is 20.2. The molecule has 2 aromatic heterocycles. The van der Waals surface area contributed by atoms with Gasteiger partial charge in [-0.05, 0) is 29.8 Å². The van der Waals surface area contributed by atoms with Crippen LogP contribution in [0.4, 0.5) is 10.1 Å². The molecule has 29 heavy (non-hydrogen) atoms. The molecule has 2 heterocycles. The molecule has 0 saturated carbocycles. The van der Waals surface area contributed by atoms with E-state index in [0.717, 1.165) is 11.1 Å². The predicted molar refractivity (Wildman–Crippen MR) is 104 cm³/mol. The average Bonchev–Trinajstić information content (AvgIpc) is 3.38. The first-order valence-corrected chi connectivity index (χ1v) is 8.80. The van der Waals surface area contributed by atoms with Crippen molar-refractivity contribution in [1.82, 2.24) is 14.9 Å². The Hall–Kier alpha value is -3.94. The maximum atomic E-state index is 13.3. The minimum absolute atomic E-state index is 0.0701. The van der Waals surface area contributed by atoms with Gasteiger partial charge >= 0.3 is 0 Å². The van der Waals surface area contributed by atoms with E-state index in [2.05, 4.69) is 15.6 Å². The van der Waals surface area contributed by atoms with Crippen molar-refractivity contribution in [3.8, 4) is 17.0 Å². The normalized spacial score (nSPS) is 10.7. The van der Waals surface area contributed by atoms with E-state index in [-0.39, 0.29) is 11.6 Å². The number of aromatic nitrogens is 3. The fourth-order valence-corrected chi connectivity index (χ4v) is 2.83. The highest BCUT2D eigenvalue weighted by Gasteiger charge is 2.15. The summed E-state index contributed by atoms with van der Waals surface area (Å²) in [5.41, 5.74) is 2.56. The van der Waals surface area contributed by atoms with Crippen molar-refractivity contribution in [2.24, 2.45) is 0 Å². The van der Waals surface area contributed by atoms with Gasteiger partial charge in [0.25, 0.3) is 5.91 Å². The molecule has 1 N–H and O–H groups in total. The molecule has 0 fully saturated rings. The van der Waals surface area contributed by atoms with E-state index in [1.54, 1.807) is 42.3 Å². The molecule has 1 amide bonds. The molecule has 0 aliphatic heterocycles. The van der Waals surface area contributed by atoms with Gasteiger partial charge in [0.2, 0.25) is 5.76 Å². The molecule has 0 bridgehead atoms. The second kappa shape index (κ2) is 7.97. The van der Waals surface area contributed by atoms with E-state index < -0.39 is 5.91 Å². The highest BCUT2D eigenvalue weighted by atomic mass is 19.1. The van der Waals surface area contributed by atoms with Crippen LogP contribution in [0.25, 0.3) is 11.3 Å². The minimum atomic E-state index is -0.447. The lowest BCUT2D eigenvalue weighted by molar-refractivity contribution is 0.0988.